The number of nitrogens with zero attached hydrogens (tertiary/aromatic N) is 3. The van der Waals surface area contributed by atoms with Gasteiger partial charge in [-0.3, -0.25) is 4.98 Å². The fraction of sp³-hybridized carbons (Fsp3) is 0.188. The smallest absolute Gasteiger partial charge is 0.225 e. The molecule has 3 aromatic heterocycles. The summed E-state index contributed by atoms with van der Waals surface area (Å²) in [4.78, 5) is 9.24. The maximum Gasteiger partial charge on any atom is 0.225 e. The Balaban J connectivity index is 1.46. The number of hydrogen-bond acceptors (Lipinski definition) is 3. The van der Waals surface area contributed by atoms with Crippen LogP contribution in [0.1, 0.15) is 43.4 Å². The van der Waals surface area contributed by atoms with E-state index >= 15 is 0 Å². The SMILES string of the molecule is c1ccc(C2(c3cccc(-n4c5ccccc5c5ccc(-c6ncco6)cc54)c3)CCCCC2)nc1. The number of oxazole rings is 1. The van der Waals surface area contributed by atoms with Gasteiger partial charge in [0.2, 0.25) is 5.89 Å². The van der Waals surface area contributed by atoms with Crippen molar-refractivity contribution >= 4 is 21.8 Å². The summed E-state index contributed by atoms with van der Waals surface area (Å²) in [5.74, 6) is 0.638. The van der Waals surface area contributed by atoms with Crippen LogP contribution in [0.5, 0.6) is 0 Å². The average Bonchev–Trinajstić information content (AvgIpc) is 3.60. The summed E-state index contributed by atoms with van der Waals surface area (Å²) < 4.78 is 8.01. The monoisotopic (exact) mass is 469 g/mol. The van der Waals surface area contributed by atoms with Gasteiger partial charge in [-0.2, -0.15) is 0 Å². The number of pyridine rings is 1. The van der Waals surface area contributed by atoms with E-state index in [2.05, 4.69) is 88.4 Å². The first-order chi connectivity index (χ1) is 17.8. The molecular weight excluding hydrogens is 442 g/mol. The zero-order valence-corrected chi connectivity index (χ0v) is 20.1. The lowest BCUT2D eigenvalue weighted by Gasteiger charge is -2.37. The van der Waals surface area contributed by atoms with Crippen molar-refractivity contribution < 1.29 is 4.42 Å². The third-order valence-electron chi connectivity index (χ3n) is 7.87. The van der Waals surface area contributed by atoms with E-state index in [0.717, 1.165) is 23.9 Å². The van der Waals surface area contributed by atoms with Gasteiger partial charge in [-0.1, -0.05) is 61.7 Å². The summed E-state index contributed by atoms with van der Waals surface area (Å²) >= 11 is 0. The Morgan fingerprint density at radius 1 is 0.694 bits per heavy atom. The quantitative estimate of drug-likeness (QED) is 0.262. The van der Waals surface area contributed by atoms with Crippen LogP contribution in [0.25, 0.3) is 38.9 Å². The molecule has 3 heterocycles. The Kier molecular flexibility index (Phi) is 4.98. The highest BCUT2D eigenvalue weighted by atomic mass is 16.3. The Morgan fingerprint density at radius 3 is 2.39 bits per heavy atom. The molecule has 0 atom stereocenters. The molecule has 1 fully saturated rings. The fourth-order valence-corrected chi connectivity index (χ4v) is 6.18. The molecule has 0 saturated heterocycles. The highest BCUT2D eigenvalue weighted by Crippen LogP contribution is 2.45. The molecule has 1 aliphatic rings. The molecule has 0 N–H and O–H groups in total. The number of fused-ring (bicyclic) bond motifs is 3. The van der Waals surface area contributed by atoms with Gasteiger partial charge >= 0.3 is 0 Å². The standard InChI is InChI=1S/C32H27N3O/c1-5-16-32(17-6-1,30-13-4-7-18-33-30)24-9-8-10-25(22-24)35-28-12-3-2-11-26(28)27-15-14-23(21-29(27)35)31-34-19-20-36-31/h2-4,7-15,18-22H,1,5-6,16-17H2. The van der Waals surface area contributed by atoms with Crippen LogP contribution in [0.4, 0.5) is 0 Å². The van der Waals surface area contributed by atoms with Gasteiger partial charge in [0, 0.05) is 33.6 Å². The predicted molar refractivity (Wildman–Crippen MR) is 144 cm³/mol. The number of rotatable bonds is 4. The van der Waals surface area contributed by atoms with Crippen LogP contribution >= 0.6 is 0 Å². The molecule has 1 aliphatic carbocycles. The zero-order valence-electron chi connectivity index (χ0n) is 20.1. The number of aromatic nitrogens is 3. The van der Waals surface area contributed by atoms with E-state index in [0.29, 0.717) is 5.89 Å². The molecule has 176 valence electrons. The van der Waals surface area contributed by atoms with E-state index in [9.17, 15) is 0 Å². The normalized spacial score (nSPS) is 15.4. The number of hydrogen-bond donors (Lipinski definition) is 0. The second kappa shape index (κ2) is 8.49. The van der Waals surface area contributed by atoms with Crippen molar-refractivity contribution in [1.82, 2.24) is 14.5 Å². The Labute approximate surface area is 210 Å². The Bertz CT molecular complexity index is 1660. The molecular formula is C32H27N3O. The van der Waals surface area contributed by atoms with Gasteiger partial charge in [-0.15, -0.1) is 0 Å². The molecule has 36 heavy (non-hydrogen) atoms. The van der Waals surface area contributed by atoms with Crippen LogP contribution < -0.4 is 0 Å². The van der Waals surface area contributed by atoms with Gasteiger partial charge < -0.3 is 8.98 Å². The summed E-state index contributed by atoms with van der Waals surface area (Å²) in [6.45, 7) is 0. The van der Waals surface area contributed by atoms with Crippen LogP contribution in [0.15, 0.2) is 108 Å². The first-order valence-corrected chi connectivity index (χ1v) is 12.8. The molecule has 6 aromatic rings. The van der Waals surface area contributed by atoms with E-state index in [-0.39, 0.29) is 5.41 Å². The van der Waals surface area contributed by atoms with Gasteiger partial charge in [0.25, 0.3) is 0 Å². The van der Waals surface area contributed by atoms with Crippen molar-refractivity contribution in [3.05, 3.63) is 115 Å². The van der Waals surface area contributed by atoms with Crippen molar-refractivity contribution in [2.45, 2.75) is 37.5 Å². The topological polar surface area (TPSA) is 43.9 Å². The summed E-state index contributed by atoms with van der Waals surface area (Å²) in [5, 5.41) is 2.47. The van der Waals surface area contributed by atoms with E-state index in [1.165, 1.54) is 52.5 Å². The first kappa shape index (κ1) is 21.1. The molecule has 0 aliphatic heterocycles. The molecule has 0 bridgehead atoms. The van der Waals surface area contributed by atoms with Crippen LogP contribution in [0, 0.1) is 0 Å². The minimum absolute atomic E-state index is 0.0441. The summed E-state index contributed by atoms with van der Waals surface area (Å²) in [5.41, 5.74) is 7.00. The third kappa shape index (κ3) is 3.29. The zero-order chi connectivity index (χ0) is 24.0. The number of para-hydroxylation sites is 1. The minimum Gasteiger partial charge on any atom is -0.445 e. The molecule has 0 amide bonds. The molecule has 3 aromatic carbocycles. The minimum atomic E-state index is -0.0441. The molecule has 0 radical (unpaired) electrons. The van der Waals surface area contributed by atoms with Gasteiger partial charge in [-0.05, 0) is 60.9 Å². The van der Waals surface area contributed by atoms with Crippen molar-refractivity contribution in [2.24, 2.45) is 0 Å². The number of benzene rings is 3. The highest BCUT2D eigenvalue weighted by molar-refractivity contribution is 6.10. The van der Waals surface area contributed by atoms with Gasteiger partial charge in [-0.25, -0.2) is 4.98 Å². The molecule has 7 rings (SSSR count). The lowest BCUT2D eigenvalue weighted by Crippen LogP contribution is -2.31. The third-order valence-corrected chi connectivity index (χ3v) is 7.87. The van der Waals surface area contributed by atoms with Gasteiger partial charge in [0.05, 0.1) is 22.9 Å². The van der Waals surface area contributed by atoms with Crippen molar-refractivity contribution in [3.63, 3.8) is 0 Å². The van der Waals surface area contributed by atoms with Crippen molar-refractivity contribution in [1.29, 1.82) is 0 Å². The Hall–Kier alpha value is -4.18. The van der Waals surface area contributed by atoms with E-state index in [4.69, 9.17) is 9.40 Å². The van der Waals surface area contributed by atoms with E-state index in [1.54, 1.807) is 12.5 Å². The first-order valence-electron chi connectivity index (χ1n) is 12.8. The summed E-state index contributed by atoms with van der Waals surface area (Å²) in [7, 11) is 0. The largest absolute Gasteiger partial charge is 0.445 e. The summed E-state index contributed by atoms with van der Waals surface area (Å²) in [6, 6.07) is 30.6. The van der Waals surface area contributed by atoms with E-state index < -0.39 is 0 Å². The van der Waals surface area contributed by atoms with E-state index in [1.807, 2.05) is 12.3 Å². The van der Waals surface area contributed by atoms with Gasteiger partial charge in [0.1, 0.15) is 6.26 Å². The summed E-state index contributed by atoms with van der Waals surface area (Å²) in [6.07, 6.45) is 11.3. The van der Waals surface area contributed by atoms with Crippen molar-refractivity contribution in [3.8, 4) is 17.1 Å². The van der Waals surface area contributed by atoms with Gasteiger partial charge in [0.15, 0.2) is 0 Å². The maximum atomic E-state index is 5.62. The molecule has 4 heteroatoms. The molecule has 0 unspecified atom stereocenters. The second-order valence-corrected chi connectivity index (χ2v) is 9.83. The lowest BCUT2D eigenvalue weighted by atomic mass is 9.67. The molecule has 1 saturated carbocycles. The van der Waals surface area contributed by atoms with Crippen LogP contribution in [0.3, 0.4) is 0 Å². The fourth-order valence-electron chi connectivity index (χ4n) is 6.18. The Morgan fingerprint density at radius 2 is 1.56 bits per heavy atom. The van der Waals surface area contributed by atoms with Crippen LogP contribution in [0.2, 0.25) is 0 Å². The van der Waals surface area contributed by atoms with Crippen LogP contribution in [-0.4, -0.2) is 14.5 Å². The second-order valence-electron chi connectivity index (χ2n) is 9.83. The highest BCUT2D eigenvalue weighted by Gasteiger charge is 2.37. The predicted octanol–water partition coefficient (Wildman–Crippen LogP) is 8.08. The lowest BCUT2D eigenvalue weighted by molar-refractivity contribution is 0.338. The maximum absolute atomic E-state index is 5.62. The molecule has 4 nitrogen and oxygen atoms in total. The molecule has 0 spiro atoms. The average molecular weight is 470 g/mol. The van der Waals surface area contributed by atoms with Crippen molar-refractivity contribution in [2.75, 3.05) is 0 Å². The van der Waals surface area contributed by atoms with Crippen LogP contribution in [-0.2, 0) is 5.41 Å².